The van der Waals surface area contributed by atoms with Crippen molar-refractivity contribution in [2.45, 2.75) is 50.0 Å². The first-order valence-corrected chi connectivity index (χ1v) is 11.9. The van der Waals surface area contributed by atoms with Gasteiger partial charge in [0.05, 0.1) is 30.8 Å². The summed E-state index contributed by atoms with van der Waals surface area (Å²) in [5, 5.41) is 9.51. The Hall–Kier alpha value is -1.74. The van der Waals surface area contributed by atoms with E-state index in [0.29, 0.717) is 19.1 Å². The van der Waals surface area contributed by atoms with E-state index in [0.717, 1.165) is 37.1 Å². The molecule has 0 saturated carbocycles. The van der Waals surface area contributed by atoms with E-state index in [1.807, 2.05) is 34.9 Å². The van der Waals surface area contributed by atoms with Crippen molar-refractivity contribution in [2.24, 2.45) is 0 Å². The van der Waals surface area contributed by atoms with Gasteiger partial charge in [-0.2, -0.15) is 0 Å². The van der Waals surface area contributed by atoms with Crippen LogP contribution in [0.4, 0.5) is 0 Å². The maximum absolute atomic E-state index is 12.9. The summed E-state index contributed by atoms with van der Waals surface area (Å²) in [5.41, 5.74) is 1.91. The Labute approximate surface area is 173 Å². The lowest BCUT2D eigenvalue weighted by Crippen LogP contribution is -2.40. The van der Waals surface area contributed by atoms with Crippen molar-refractivity contribution in [3.8, 4) is 0 Å². The fraction of sp³-hybridized carbons (Fsp3) is 0.571. The lowest BCUT2D eigenvalue weighted by molar-refractivity contribution is 0.110. The molecule has 0 bridgehead atoms. The van der Waals surface area contributed by atoms with Gasteiger partial charge in [-0.1, -0.05) is 36.8 Å². The molecule has 2 aromatic rings. The van der Waals surface area contributed by atoms with E-state index < -0.39 is 9.84 Å². The first kappa shape index (κ1) is 22.0. The first-order valence-electron chi connectivity index (χ1n) is 10.2. The number of ether oxygens (including phenoxy) is 1. The van der Waals surface area contributed by atoms with E-state index in [4.69, 9.17) is 4.74 Å². The molecule has 2 heterocycles. The number of aliphatic hydroxyl groups excluding tert-OH is 1. The maximum atomic E-state index is 12.9. The van der Waals surface area contributed by atoms with Gasteiger partial charge in [0.25, 0.3) is 0 Å². The van der Waals surface area contributed by atoms with Crippen LogP contribution >= 0.6 is 0 Å². The number of nitrogens with zero attached hydrogens (tertiary/aromatic N) is 3. The van der Waals surface area contributed by atoms with Gasteiger partial charge in [0.1, 0.15) is 0 Å². The molecule has 8 heteroatoms. The SMILES string of the molecule is COCCS(=O)(=O)c1ncc(CN2CCCC[C@H]2CCO)n1Cc1ccccc1. The Morgan fingerprint density at radius 1 is 1.21 bits per heavy atom. The van der Waals surface area contributed by atoms with Gasteiger partial charge in [0.15, 0.2) is 0 Å². The summed E-state index contributed by atoms with van der Waals surface area (Å²) in [5.74, 6) is -0.0917. The second-order valence-electron chi connectivity index (χ2n) is 7.55. The van der Waals surface area contributed by atoms with Gasteiger partial charge in [-0.05, 0) is 31.4 Å². The van der Waals surface area contributed by atoms with Crippen molar-refractivity contribution in [1.82, 2.24) is 14.5 Å². The third-order valence-corrected chi connectivity index (χ3v) is 7.08. The number of likely N-dealkylation sites (tertiary alicyclic amines) is 1. The average Bonchev–Trinajstić information content (AvgIpc) is 3.12. The Morgan fingerprint density at radius 2 is 2.00 bits per heavy atom. The number of sulfone groups is 1. The molecule has 7 nitrogen and oxygen atoms in total. The number of methoxy groups -OCH3 is 1. The van der Waals surface area contributed by atoms with Crippen LogP contribution in [0.5, 0.6) is 0 Å². The molecule has 160 valence electrons. The molecule has 1 atom stereocenters. The smallest absolute Gasteiger partial charge is 0.228 e. The molecular weight excluding hydrogens is 390 g/mol. The van der Waals surface area contributed by atoms with Gasteiger partial charge in [0, 0.05) is 26.3 Å². The minimum absolute atomic E-state index is 0.0917. The molecule has 29 heavy (non-hydrogen) atoms. The molecule has 1 aromatic carbocycles. The molecule has 0 amide bonds. The largest absolute Gasteiger partial charge is 0.396 e. The minimum Gasteiger partial charge on any atom is -0.396 e. The number of rotatable bonds is 10. The Bertz CT molecular complexity index is 865. The molecule has 1 saturated heterocycles. The van der Waals surface area contributed by atoms with Crippen LogP contribution in [0.2, 0.25) is 0 Å². The number of aromatic nitrogens is 2. The molecular formula is C21H31N3O4S. The predicted molar refractivity (Wildman–Crippen MR) is 111 cm³/mol. The zero-order valence-corrected chi connectivity index (χ0v) is 17.9. The van der Waals surface area contributed by atoms with Crippen molar-refractivity contribution in [1.29, 1.82) is 0 Å². The first-order chi connectivity index (χ1) is 14.0. The second-order valence-corrected chi connectivity index (χ2v) is 9.55. The zero-order chi connectivity index (χ0) is 20.7. The van der Waals surface area contributed by atoms with Gasteiger partial charge in [0.2, 0.25) is 15.0 Å². The maximum Gasteiger partial charge on any atom is 0.228 e. The van der Waals surface area contributed by atoms with Crippen LogP contribution in [0.25, 0.3) is 0 Å². The Morgan fingerprint density at radius 3 is 2.72 bits per heavy atom. The van der Waals surface area contributed by atoms with Crippen molar-refractivity contribution >= 4 is 9.84 Å². The summed E-state index contributed by atoms with van der Waals surface area (Å²) < 4.78 is 32.5. The van der Waals surface area contributed by atoms with E-state index in [9.17, 15) is 13.5 Å². The average molecular weight is 422 g/mol. The van der Waals surface area contributed by atoms with Crippen molar-refractivity contribution < 1.29 is 18.3 Å². The van der Waals surface area contributed by atoms with E-state index >= 15 is 0 Å². The highest BCUT2D eigenvalue weighted by Crippen LogP contribution is 2.24. The topological polar surface area (TPSA) is 84.7 Å². The van der Waals surface area contributed by atoms with Crippen LogP contribution in [0.3, 0.4) is 0 Å². The molecule has 1 aromatic heterocycles. The molecule has 0 aliphatic carbocycles. The summed E-state index contributed by atoms with van der Waals surface area (Å²) in [6, 6.07) is 10.2. The number of imidazole rings is 1. The summed E-state index contributed by atoms with van der Waals surface area (Å²) in [7, 11) is -2.05. The monoisotopic (exact) mass is 421 g/mol. The molecule has 3 rings (SSSR count). The summed E-state index contributed by atoms with van der Waals surface area (Å²) >= 11 is 0. The van der Waals surface area contributed by atoms with Crippen molar-refractivity contribution in [3.63, 3.8) is 0 Å². The number of aliphatic hydroxyl groups is 1. The number of hydrogen-bond donors (Lipinski definition) is 1. The van der Waals surface area contributed by atoms with Crippen LogP contribution in [0, 0.1) is 0 Å². The minimum atomic E-state index is -3.55. The molecule has 1 N–H and O–H groups in total. The lowest BCUT2D eigenvalue weighted by atomic mass is 9.99. The molecule has 1 fully saturated rings. The summed E-state index contributed by atoms with van der Waals surface area (Å²) in [4.78, 5) is 6.67. The fourth-order valence-electron chi connectivity index (χ4n) is 3.94. The van der Waals surface area contributed by atoms with Crippen LogP contribution in [-0.4, -0.2) is 66.6 Å². The lowest BCUT2D eigenvalue weighted by Gasteiger charge is -2.35. The highest BCUT2D eigenvalue weighted by molar-refractivity contribution is 7.91. The van der Waals surface area contributed by atoms with Crippen molar-refractivity contribution in [2.75, 3.05) is 32.6 Å². The zero-order valence-electron chi connectivity index (χ0n) is 17.0. The predicted octanol–water partition coefficient (Wildman–Crippen LogP) is 2.09. The van der Waals surface area contributed by atoms with E-state index in [1.54, 1.807) is 6.20 Å². The highest BCUT2D eigenvalue weighted by atomic mass is 32.2. The van der Waals surface area contributed by atoms with Gasteiger partial charge in [-0.3, -0.25) is 4.90 Å². The van der Waals surface area contributed by atoms with Crippen LogP contribution in [0.15, 0.2) is 41.7 Å². The molecule has 0 spiro atoms. The normalized spacial score (nSPS) is 18.2. The second kappa shape index (κ2) is 10.3. The van der Waals surface area contributed by atoms with Crippen LogP contribution < -0.4 is 0 Å². The molecule has 1 aliphatic heterocycles. The Kier molecular flexibility index (Phi) is 7.83. The van der Waals surface area contributed by atoms with Gasteiger partial charge < -0.3 is 14.4 Å². The van der Waals surface area contributed by atoms with E-state index in [2.05, 4.69) is 9.88 Å². The van der Waals surface area contributed by atoms with Gasteiger partial charge in [-0.25, -0.2) is 13.4 Å². The number of benzene rings is 1. The number of hydrogen-bond acceptors (Lipinski definition) is 6. The quantitative estimate of drug-likeness (QED) is 0.632. The van der Waals surface area contributed by atoms with Gasteiger partial charge >= 0.3 is 0 Å². The summed E-state index contributed by atoms with van der Waals surface area (Å²) in [6.07, 6.45) is 5.78. The Balaban J connectivity index is 1.91. The fourth-order valence-corrected chi connectivity index (χ4v) is 5.24. The molecule has 0 radical (unpaired) electrons. The summed E-state index contributed by atoms with van der Waals surface area (Å²) in [6.45, 7) is 2.34. The highest BCUT2D eigenvalue weighted by Gasteiger charge is 2.27. The van der Waals surface area contributed by atoms with Crippen LogP contribution in [-0.2, 0) is 27.7 Å². The van der Waals surface area contributed by atoms with Gasteiger partial charge in [-0.15, -0.1) is 0 Å². The molecule has 1 aliphatic rings. The van der Waals surface area contributed by atoms with E-state index in [-0.39, 0.29) is 24.1 Å². The van der Waals surface area contributed by atoms with E-state index in [1.165, 1.54) is 13.5 Å². The van der Waals surface area contributed by atoms with Crippen LogP contribution in [0.1, 0.15) is 36.9 Å². The molecule has 0 unspecified atom stereocenters. The third-order valence-electron chi connectivity index (χ3n) is 5.50. The van der Waals surface area contributed by atoms with Crippen molar-refractivity contribution in [3.05, 3.63) is 47.8 Å². The standard InChI is InChI=1S/C21H31N3O4S/c1-28-13-14-29(26,27)21-22-15-20(24(21)16-18-7-3-2-4-8-18)17-23-11-6-5-9-19(23)10-12-25/h2-4,7-8,15,19,25H,5-6,9-14,16-17H2,1H3/t19-/m0/s1. The number of piperidine rings is 1. The third kappa shape index (κ3) is 5.66.